The van der Waals surface area contributed by atoms with Crippen LogP contribution in [0.4, 0.5) is 5.69 Å². The van der Waals surface area contributed by atoms with Gasteiger partial charge in [0, 0.05) is 11.2 Å². The van der Waals surface area contributed by atoms with E-state index in [9.17, 15) is 4.79 Å². The van der Waals surface area contributed by atoms with Crippen molar-refractivity contribution in [3.05, 3.63) is 71.3 Å². The van der Waals surface area contributed by atoms with Gasteiger partial charge in [-0.2, -0.15) is 0 Å². The molecule has 1 aromatic heterocycles. The first kappa shape index (κ1) is 18.7. The lowest BCUT2D eigenvalue weighted by Crippen LogP contribution is -2.14. The Morgan fingerprint density at radius 3 is 2.48 bits per heavy atom. The van der Waals surface area contributed by atoms with Gasteiger partial charge in [0.25, 0.3) is 5.91 Å². The summed E-state index contributed by atoms with van der Waals surface area (Å²) in [4.78, 5) is 20.6. The van der Waals surface area contributed by atoms with Crippen molar-refractivity contribution in [3.63, 3.8) is 0 Å². The number of nitrogens with zero attached hydrogens (tertiary/aromatic N) is 2. The van der Waals surface area contributed by atoms with Crippen LogP contribution in [0.2, 0.25) is 5.02 Å². The quantitative estimate of drug-likeness (QED) is 0.656. The lowest BCUT2D eigenvalue weighted by molar-refractivity contribution is 0.102. The molecule has 2 aromatic carbocycles. The summed E-state index contributed by atoms with van der Waals surface area (Å²) in [5.41, 5.74) is 1.37. The molecule has 0 radical (unpaired) electrons. The van der Waals surface area contributed by atoms with Gasteiger partial charge in [-0.15, -0.1) is 0 Å². The van der Waals surface area contributed by atoms with Gasteiger partial charge in [-0.05, 0) is 56.3 Å². The zero-order valence-corrected chi connectivity index (χ0v) is 15.7. The molecule has 1 N–H and O–H groups in total. The number of aromatic nitrogens is 2. The van der Waals surface area contributed by atoms with Crippen molar-refractivity contribution < 1.29 is 14.3 Å². The van der Waals surface area contributed by atoms with Crippen LogP contribution in [-0.4, -0.2) is 22.5 Å². The number of hydrogen-bond donors (Lipinski definition) is 1. The van der Waals surface area contributed by atoms with E-state index in [0.29, 0.717) is 28.8 Å². The van der Waals surface area contributed by atoms with E-state index in [1.54, 1.807) is 37.3 Å². The molecule has 3 rings (SSSR count). The van der Waals surface area contributed by atoms with Crippen molar-refractivity contribution in [3.8, 4) is 17.2 Å². The first-order valence-corrected chi connectivity index (χ1v) is 8.73. The van der Waals surface area contributed by atoms with Crippen LogP contribution < -0.4 is 14.8 Å². The summed E-state index contributed by atoms with van der Waals surface area (Å²) < 4.78 is 11.3. The van der Waals surface area contributed by atoms with Crippen LogP contribution in [0.15, 0.2) is 54.9 Å². The third kappa shape index (κ3) is 4.95. The first-order valence-electron chi connectivity index (χ1n) is 8.35. The van der Waals surface area contributed by atoms with Gasteiger partial charge in [-0.3, -0.25) is 9.78 Å². The number of halogens is 1. The largest absolute Gasteiger partial charge is 0.494 e. The molecule has 27 heavy (non-hydrogen) atoms. The third-order valence-corrected chi connectivity index (χ3v) is 3.80. The molecule has 0 spiro atoms. The molecule has 0 aliphatic heterocycles. The smallest absolute Gasteiger partial charge is 0.275 e. The molecule has 0 saturated carbocycles. The average Bonchev–Trinajstić information content (AvgIpc) is 2.66. The molecule has 0 aliphatic carbocycles. The Morgan fingerprint density at radius 2 is 1.81 bits per heavy atom. The number of aryl methyl sites for hydroxylation is 1. The number of nitrogens with one attached hydrogen (secondary N) is 1. The van der Waals surface area contributed by atoms with Crippen molar-refractivity contribution in [1.29, 1.82) is 0 Å². The zero-order chi connectivity index (χ0) is 19.2. The van der Waals surface area contributed by atoms with Gasteiger partial charge < -0.3 is 14.8 Å². The molecule has 0 fully saturated rings. The van der Waals surface area contributed by atoms with E-state index in [1.807, 2.05) is 19.1 Å². The second-order valence-electron chi connectivity index (χ2n) is 5.64. The number of carbonyl (C=O) groups excluding carboxylic acids is 1. The maximum absolute atomic E-state index is 12.4. The fraction of sp³-hybridized carbons (Fsp3) is 0.150. The summed E-state index contributed by atoms with van der Waals surface area (Å²) in [6.07, 6.45) is 2.95. The molecular weight excluding hydrogens is 366 g/mol. The summed E-state index contributed by atoms with van der Waals surface area (Å²) in [6.45, 7) is 4.31. The minimum absolute atomic E-state index is 0.201. The lowest BCUT2D eigenvalue weighted by Gasteiger charge is -2.13. The van der Waals surface area contributed by atoms with Gasteiger partial charge in [0.2, 0.25) is 0 Å². The van der Waals surface area contributed by atoms with E-state index in [0.717, 1.165) is 11.4 Å². The standard InChI is InChI=1S/C20H18ClN3O3/c1-3-26-15-5-7-16(8-6-15)27-19-9-4-14(21)10-17(19)24-20(25)18-12-22-13(2)11-23-18/h4-12H,3H2,1-2H3,(H,24,25). The Balaban J connectivity index is 1.80. The summed E-state index contributed by atoms with van der Waals surface area (Å²) in [7, 11) is 0. The Bertz CT molecular complexity index is 928. The molecule has 1 amide bonds. The maximum Gasteiger partial charge on any atom is 0.275 e. The fourth-order valence-electron chi connectivity index (χ4n) is 2.28. The van der Waals surface area contributed by atoms with Crippen molar-refractivity contribution in [1.82, 2.24) is 9.97 Å². The molecule has 3 aromatic rings. The predicted octanol–water partition coefficient (Wildman–Crippen LogP) is 4.88. The summed E-state index contributed by atoms with van der Waals surface area (Å²) in [5.74, 6) is 1.41. The molecular formula is C20H18ClN3O3. The molecule has 6 nitrogen and oxygen atoms in total. The monoisotopic (exact) mass is 383 g/mol. The Hall–Kier alpha value is -3.12. The third-order valence-electron chi connectivity index (χ3n) is 3.57. The van der Waals surface area contributed by atoms with Crippen molar-refractivity contribution >= 4 is 23.2 Å². The molecule has 0 unspecified atom stereocenters. The number of rotatable bonds is 6. The van der Waals surface area contributed by atoms with Crippen LogP contribution in [0, 0.1) is 6.92 Å². The second-order valence-corrected chi connectivity index (χ2v) is 6.08. The van der Waals surface area contributed by atoms with E-state index in [-0.39, 0.29) is 5.69 Å². The van der Waals surface area contributed by atoms with Gasteiger partial charge >= 0.3 is 0 Å². The first-order chi connectivity index (χ1) is 13.0. The van der Waals surface area contributed by atoms with Crippen LogP contribution in [0.5, 0.6) is 17.2 Å². The molecule has 0 bridgehead atoms. The van der Waals surface area contributed by atoms with Crippen LogP contribution in [-0.2, 0) is 0 Å². The average molecular weight is 384 g/mol. The number of hydrogen-bond acceptors (Lipinski definition) is 5. The Kier molecular flexibility index (Phi) is 5.88. The van der Waals surface area contributed by atoms with E-state index in [4.69, 9.17) is 21.1 Å². The zero-order valence-electron chi connectivity index (χ0n) is 14.9. The van der Waals surface area contributed by atoms with Crippen molar-refractivity contribution in [2.45, 2.75) is 13.8 Å². The molecule has 0 aliphatic rings. The van der Waals surface area contributed by atoms with Crippen LogP contribution in [0.25, 0.3) is 0 Å². The van der Waals surface area contributed by atoms with Crippen molar-refractivity contribution in [2.75, 3.05) is 11.9 Å². The van der Waals surface area contributed by atoms with E-state index >= 15 is 0 Å². The Morgan fingerprint density at radius 1 is 1.07 bits per heavy atom. The van der Waals surface area contributed by atoms with E-state index < -0.39 is 5.91 Å². The van der Waals surface area contributed by atoms with Gasteiger partial charge in [0.15, 0.2) is 5.75 Å². The number of ether oxygens (including phenoxy) is 2. The molecule has 138 valence electrons. The number of carbonyl (C=O) groups is 1. The topological polar surface area (TPSA) is 73.3 Å². The second kappa shape index (κ2) is 8.51. The summed E-state index contributed by atoms with van der Waals surface area (Å²) in [5, 5.41) is 3.24. The summed E-state index contributed by atoms with van der Waals surface area (Å²) >= 11 is 6.07. The molecule has 0 atom stereocenters. The molecule has 0 saturated heterocycles. The maximum atomic E-state index is 12.4. The number of anilines is 1. The van der Waals surface area contributed by atoms with Gasteiger partial charge in [0.1, 0.15) is 17.2 Å². The minimum Gasteiger partial charge on any atom is -0.494 e. The normalized spacial score (nSPS) is 10.3. The number of benzene rings is 2. The number of amides is 1. The van der Waals surface area contributed by atoms with Gasteiger partial charge in [0.05, 0.1) is 24.2 Å². The fourth-order valence-corrected chi connectivity index (χ4v) is 2.45. The highest BCUT2D eigenvalue weighted by Crippen LogP contribution is 2.33. The molecule has 7 heteroatoms. The SMILES string of the molecule is CCOc1ccc(Oc2ccc(Cl)cc2NC(=O)c2cnc(C)cn2)cc1. The van der Waals surface area contributed by atoms with E-state index in [1.165, 1.54) is 12.4 Å². The Labute approximate surface area is 162 Å². The van der Waals surface area contributed by atoms with Crippen LogP contribution in [0.1, 0.15) is 23.1 Å². The van der Waals surface area contributed by atoms with Crippen LogP contribution in [0.3, 0.4) is 0 Å². The van der Waals surface area contributed by atoms with Gasteiger partial charge in [-0.25, -0.2) is 4.98 Å². The molecule has 1 heterocycles. The minimum atomic E-state index is -0.402. The highest BCUT2D eigenvalue weighted by Gasteiger charge is 2.13. The predicted molar refractivity (Wildman–Crippen MR) is 104 cm³/mol. The summed E-state index contributed by atoms with van der Waals surface area (Å²) in [6, 6.07) is 12.2. The van der Waals surface area contributed by atoms with E-state index in [2.05, 4.69) is 15.3 Å². The highest BCUT2D eigenvalue weighted by molar-refractivity contribution is 6.31. The van der Waals surface area contributed by atoms with Gasteiger partial charge in [-0.1, -0.05) is 11.6 Å². The highest BCUT2D eigenvalue weighted by atomic mass is 35.5. The lowest BCUT2D eigenvalue weighted by atomic mass is 10.2. The van der Waals surface area contributed by atoms with Crippen molar-refractivity contribution in [2.24, 2.45) is 0 Å². The van der Waals surface area contributed by atoms with Crippen LogP contribution >= 0.6 is 11.6 Å².